The van der Waals surface area contributed by atoms with Gasteiger partial charge in [-0.25, -0.2) is 0 Å². The number of hydrogen-bond acceptors (Lipinski definition) is 2. The van der Waals surface area contributed by atoms with Crippen LogP contribution in [0.25, 0.3) is 0 Å². The molecule has 2 N–H and O–H groups in total. The van der Waals surface area contributed by atoms with E-state index in [0.29, 0.717) is 11.8 Å². The summed E-state index contributed by atoms with van der Waals surface area (Å²) in [5, 5.41) is 13.5. The number of phenols is 1. The first-order chi connectivity index (χ1) is 9.16. The molecule has 0 saturated heterocycles. The Bertz CT molecular complexity index is 664. The van der Waals surface area contributed by atoms with Gasteiger partial charge in [0.1, 0.15) is 5.75 Å². The lowest BCUT2D eigenvalue weighted by molar-refractivity contribution is 0.368. The van der Waals surface area contributed by atoms with Crippen molar-refractivity contribution in [3.8, 4) is 5.75 Å². The summed E-state index contributed by atoms with van der Waals surface area (Å²) in [6.07, 6.45) is 1.94. The number of nitrogens with one attached hydrogen (secondary N) is 1. The molecule has 0 spiro atoms. The minimum absolute atomic E-state index is 0.0173. The van der Waals surface area contributed by atoms with E-state index in [2.05, 4.69) is 42.6 Å². The number of phenolic OH excluding ortho intramolecular Hbond substituents is 1. The molecule has 0 amide bonds. The molecule has 96 valence electrons. The number of hydrogen-bond donors (Lipinski definition) is 2. The van der Waals surface area contributed by atoms with Crippen LogP contribution >= 0.6 is 0 Å². The molecule has 2 heteroatoms. The third-order valence-electron chi connectivity index (χ3n) is 4.58. The monoisotopic (exact) mass is 251 g/mol. The molecule has 2 aliphatic heterocycles. The van der Waals surface area contributed by atoms with Gasteiger partial charge in [0, 0.05) is 11.6 Å². The Kier molecular flexibility index (Phi) is 2.10. The zero-order valence-corrected chi connectivity index (χ0v) is 11.0. The molecule has 4 rings (SSSR count). The van der Waals surface area contributed by atoms with Crippen molar-refractivity contribution in [1.82, 2.24) is 5.32 Å². The second kappa shape index (κ2) is 3.61. The molecule has 0 fully saturated rings. The Morgan fingerprint density at radius 2 is 2.00 bits per heavy atom. The number of fused-ring (bicyclic) bond motifs is 6. The lowest BCUT2D eigenvalue weighted by atomic mass is 9.82. The summed E-state index contributed by atoms with van der Waals surface area (Å²) in [4.78, 5) is 0. The average Bonchev–Trinajstić information content (AvgIpc) is 2.57. The number of aromatic hydroxyl groups is 1. The van der Waals surface area contributed by atoms with Gasteiger partial charge in [0.2, 0.25) is 0 Å². The highest BCUT2D eigenvalue weighted by Crippen LogP contribution is 2.44. The third kappa shape index (κ3) is 1.53. The standard InChI is InChI=1S/C17H17NO/c1-17-10-11-6-7-13(19)8-12(11)9-16(18-17)14-4-2-3-5-15(14)17/h2-8,16,18-19H,9-10H2,1H3. The van der Waals surface area contributed by atoms with Crippen LogP contribution in [0.15, 0.2) is 42.5 Å². The van der Waals surface area contributed by atoms with Gasteiger partial charge in [0.05, 0.1) is 0 Å². The molecule has 2 unspecified atom stereocenters. The molecular weight excluding hydrogens is 234 g/mol. The maximum Gasteiger partial charge on any atom is 0.115 e. The molecule has 0 aromatic heterocycles. The molecule has 2 heterocycles. The van der Waals surface area contributed by atoms with Crippen LogP contribution in [0, 0.1) is 0 Å². The SMILES string of the molecule is CC12Cc3ccc(O)cc3CC(N1)c1ccccc12. The molecule has 0 radical (unpaired) electrons. The predicted molar refractivity (Wildman–Crippen MR) is 75.2 cm³/mol. The zero-order valence-electron chi connectivity index (χ0n) is 11.0. The minimum atomic E-state index is 0.0173. The van der Waals surface area contributed by atoms with Crippen molar-refractivity contribution in [3.05, 3.63) is 64.7 Å². The van der Waals surface area contributed by atoms with Gasteiger partial charge < -0.3 is 10.4 Å². The van der Waals surface area contributed by atoms with Crippen molar-refractivity contribution in [1.29, 1.82) is 0 Å². The first kappa shape index (κ1) is 11.1. The Labute approximate surface area is 113 Å². The van der Waals surface area contributed by atoms with Crippen LogP contribution < -0.4 is 5.32 Å². The first-order valence-electron chi connectivity index (χ1n) is 6.84. The second-order valence-electron chi connectivity index (χ2n) is 5.95. The molecule has 19 heavy (non-hydrogen) atoms. The molecule has 2 bridgehead atoms. The summed E-state index contributed by atoms with van der Waals surface area (Å²) >= 11 is 0. The molecule has 2 nitrogen and oxygen atoms in total. The lowest BCUT2D eigenvalue weighted by Gasteiger charge is -2.26. The van der Waals surface area contributed by atoms with Gasteiger partial charge in [-0.15, -0.1) is 0 Å². The molecule has 2 atom stereocenters. The average molecular weight is 251 g/mol. The van der Waals surface area contributed by atoms with E-state index in [1.807, 2.05) is 6.07 Å². The number of benzene rings is 2. The summed E-state index contributed by atoms with van der Waals surface area (Å²) in [6.45, 7) is 2.29. The Morgan fingerprint density at radius 1 is 1.16 bits per heavy atom. The Morgan fingerprint density at radius 3 is 2.89 bits per heavy atom. The van der Waals surface area contributed by atoms with Crippen LogP contribution in [-0.2, 0) is 18.4 Å². The summed E-state index contributed by atoms with van der Waals surface area (Å²) in [7, 11) is 0. The third-order valence-corrected chi connectivity index (χ3v) is 4.58. The van der Waals surface area contributed by atoms with E-state index in [1.54, 1.807) is 6.07 Å². The van der Waals surface area contributed by atoms with Gasteiger partial charge in [0.25, 0.3) is 0 Å². The smallest absolute Gasteiger partial charge is 0.115 e. The largest absolute Gasteiger partial charge is 0.508 e. The molecule has 0 saturated carbocycles. The van der Waals surface area contributed by atoms with Crippen LogP contribution in [0.3, 0.4) is 0 Å². The minimum Gasteiger partial charge on any atom is -0.508 e. The molecular formula is C17H17NO. The van der Waals surface area contributed by atoms with Crippen molar-refractivity contribution < 1.29 is 5.11 Å². The van der Waals surface area contributed by atoms with E-state index >= 15 is 0 Å². The quantitative estimate of drug-likeness (QED) is 0.754. The number of rotatable bonds is 0. The zero-order chi connectivity index (χ0) is 13.0. The highest BCUT2D eigenvalue weighted by atomic mass is 16.3. The fraction of sp³-hybridized carbons (Fsp3) is 0.294. The van der Waals surface area contributed by atoms with E-state index in [0.717, 1.165) is 12.8 Å². The van der Waals surface area contributed by atoms with Crippen molar-refractivity contribution in [3.63, 3.8) is 0 Å². The molecule has 2 aromatic rings. The topological polar surface area (TPSA) is 32.3 Å². The van der Waals surface area contributed by atoms with Crippen LogP contribution in [0.5, 0.6) is 5.75 Å². The predicted octanol–water partition coefficient (Wildman–Crippen LogP) is 3.05. The lowest BCUT2D eigenvalue weighted by Crippen LogP contribution is -2.36. The van der Waals surface area contributed by atoms with Crippen molar-refractivity contribution in [2.45, 2.75) is 31.3 Å². The van der Waals surface area contributed by atoms with Gasteiger partial charge in [0.15, 0.2) is 0 Å². The summed E-state index contributed by atoms with van der Waals surface area (Å²) in [6, 6.07) is 14.9. The summed E-state index contributed by atoms with van der Waals surface area (Å²) in [5.74, 6) is 0.370. The van der Waals surface area contributed by atoms with Gasteiger partial charge >= 0.3 is 0 Å². The van der Waals surface area contributed by atoms with Gasteiger partial charge in [-0.05, 0) is 54.2 Å². The van der Waals surface area contributed by atoms with Crippen molar-refractivity contribution >= 4 is 0 Å². The van der Waals surface area contributed by atoms with Gasteiger partial charge in [-0.3, -0.25) is 0 Å². The molecule has 2 aromatic carbocycles. The van der Waals surface area contributed by atoms with E-state index in [1.165, 1.54) is 22.3 Å². The Balaban J connectivity index is 1.90. The molecule has 0 aliphatic carbocycles. The summed E-state index contributed by atoms with van der Waals surface area (Å²) < 4.78 is 0. The van der Waals surface area contributed by atoms with Gasteiger partial charge in [-0.2, -0.15) is 0 Å². The van der Waals surface area contributed by atoms with Crippen LogP contribution in [0.4, 0.5) is 0 Å². The van der Waals surface area contributed by atoms with E-state index in [9.17, 15) is 5.11 Å². The van der Waals surface area contributed by atoms with Crippen molar-refractivity contribution in [2.75, 3.05) is 0 Å². The fourth-order valence-corrected chi connectivity index (χ4v) is 3.73. The highest BCUT2D eigenvalue weighted by Gasteiger charge is 2.41. The van der Waals surface area contributed by atoms with E-state index in [4.69, 9.17) is 0 Å². The van der Waals surface area contributed by atoms with Crippen LogP contribution in [-0.4, -0.2) is 5.11 Å². The van der Waals surface area contributed by atoms with E-state index < -0.39 is 0 Å². The highest BCUT2D eigenvalue weighted by molar-refractivity contribution is 5.47. The fourth-order valence-electron chi connectivity index (χ4n) is 3.73. The van der Waals surface area contributed by atoms with Crippen LogP contribution in [0.2, 0.25) is 0 Å². The van der Waals surface area contributed by atoms with Crippen LogP contribution in [0.1, 0.15) is 35.2 Å². The van der Waals surface area contributed by atoms with Crippen molar-refractivity contribution in [2.24, 2.45) is 0 Å². The van der Waals surface area contributed by atoms with Gasteiger partial charge in [-0.1, -0.05) is 30.3 Å². The van der Waals surface area contributed by atoms with E-state index in [-0.39, 0.29) is 5.54 Å². The first-order valence-corrected chi connectivity index (χ1v) is 6.84. The Hall–Kier alpha value is -1.80. The summed E-state index contributed by atoms with van der Waals surface area (Å²) in [5.41, 5.74) is 5.49. The maximum absolute atomic E-state index is 9.69. The maximum atomic E-state index is 9.69. The second-order valence-corrected chi connectivity index (χ2v) is 5.95. The normalized spacial score (nSPS) is 27.5. The molecule has 2 aliphatic rings.